The van der Waals surface area contributed by atoms with E-state index in [1.165, 1.54) is 11.8 Å². The number of carbonyl (C=O) groups is 1. The van der Waals surface area contributed by atoms with E-state index in [0.29, 0.717) is 17.1 Å². The highest BCUT2D eigenvalue weighted by Gasteiger charge is 2.15. The van der Waals surface area contributed by atoms with Gasteiger partial charge in [0.25, 0.3) is 0 Å². The van der Waals surface area contributed by atoms with Gasteiger partial charge in [0.15, 0.2) is 0 Å². The lowest BCUT2D eigenvalue weighted by Crippen LogP contribution is -2.07. The number of benzene rings is 2. The predicted octanol–water partition coefficient (Wildman–Crippen LogP) is 4.86. The molecule has 0 unspecified atom stereocenters. The smallest absolute Gasteiger partial charge is 0.339 e. The fraction of sp³-hybridized carbons (Fsp3) is 0.136. The molecule has 0 atom stereocenters. The van der Waals surface area contributed by atoms with E-state index >= 15 is 0 Å². The number of ether oxygens (including phenoxy) is 1. The van der Waals surface area contributed by atoms with Crippen molar-refractivity contribution in [3.63, 3.8) is 0 Å². The largest absolute Gasteiger partial charge is 0.455 e. The van der Waals surface area contributed by atoms with Crippen molar-refractivity contribution in [3.05, 3.63) is 83.4 Å². The molecule has 2 aromatic carbocycles. The van der Waals surface area contributed by atoms with Crippen LogP contribution in [0.1, 0.15) is 27.3 Å². The number of nitrogens with zero attached hydrogens (tertiary/aromatic N) is 2. The highest BCUT2D eigenvalue weighted by Crippen LogP contribution is 2.21. The van der Waals surface area contributed by atoms with E-state index in [2.05, 4.69) is 9.97 Å². The summed E-state index contributed by atoms with van der Waals surface area (Å²) in [5.74, 6) is 0.0999. The Morgan fingerprint density at radius 3 is 2.63 bits per heavy atom. The monoisotopic (exact) mass is 358 g/mol. The first-order valence-corrected chi connectivity index (χ1v) is 8.65. The van der Waals surface area contributed by atoms with Gasteiger partial charge in [0, 0.05) is 16.6 Å². The molecule has 0 aliphatic rings. The number of oxazole rings is 1. The van der Waals surface area contributed by atoms with Gasteiger partial charge in [-0.2, -0.15) is 0 Å². The summed E-state index contributed by atoms with van der Waals surface area (Å²) in [6, 6.07) is 17.1. The average Bonchev–Trinajstić information content (AvgIpc) is 3.15. The summed E-state index contributed by atoms with van der Waals surface area (Å²) >= 11 is 0. The van der Waals surface area contributed by atoms with Crippen LogP contribution in [0.25, 0.3) is 22.4 Å². The molecule has 2 aromatic heterocycles. The van der Waals surface area contributed by atoms with E-state index in [0.717, 1.165) is 22.2 Å². The summed E-state index contributed by atoms with van der Waals surface area (Å²) < 4.78 is 11.0. The summed E-state index contributed by atoms with van der Waals surface area (Å²) in [4.78, 5) is 21.4. The van der Waals surface area contributed by atoms with E-state index in [-0.39, 0.29) is 6.61 Å². The molecule has 0 spiro atoms. The number of aryl methyl sites for hydroxylation is 2. The van der Waals surface area contributed by atoms with Gasteiger partial charge in [0.2, 0.25) is 5.89 Å². The molecule has 4 rings (SSSR count). The second-order valence-electron chi connectivity index (χ2n) is 6.41. The summed E-state index contributed by atoms with van der Waals surface area (Å²) in [5.41, 5.74) is 4.65. The van der Waals surface area contributed by atoms with Gasteiger partial charge in [0.1, 0.15) is 18.6 Å². The molecule has 0 fully saturated rings. The maximum Gasteiger partial charge on any atom is 0.339 e. The molecule has 5 nitrogen and oxygen atoms in total. The summed E-state index contributed by atoms with van der Waals surface area (Å²) in [7, 11) is 0. The first-order chi connectivity index (χ1) is 13.1. The van der Waals surface area contributed by atoms with E-state index in [1.807, 2.05) is 62.4 Å². The molecule has 4 aromatic rings. The molecule has 0 saturated heterocycles. The zero-order valence-electron chi connectivity index (χ0n) is 15.1. The maximum atomic E-state index is 12.6. The summed E-state index contributed by atoms with van der Waals surface area (Å²) in [5, 5.41) is 0.772. The van der Waals surface area contributed by atoms with Gasteiger partial charge in [0.05, 0.1) is 11.1 Å². The Balaban J connectivity index is 1.51. The van der Waals surface area contributed by atoms with Gasteiger partial charge < -0.3 is 9.15 Å². The zero-order valence-corrected chi connectivity index (χ0v) is 15.1. The molecule has 0 N–H and O–H groups in total. The van der Waals surface area contributed by atoms with Gasteiger partial charge >= 0.3 is 5.97 Å². The molecule has 2 heterocycles. The number of rotatable bonds is 4. The van der Waals surface area contributed by atoms with Gasteiger partial charge in [-0.05, 0) is 38.1 Å². The molecule has 0 saturated carbocycles. The minimum atomic E-state index is -0.406. The standard InChI is InChI=1S/C22H18N2O3/c1-14-7-9-16(10-8-14)21-24-17(12-26-21)13-27-22(25)19-11-15(2)23-20-6-4-3-5-18(19)20/h3-12H,13H2,1-2H3. The number of carbonyl (C=O) groups excluding carboxylic acids is 1. The van der Waals surface area contributed by atoms with Crippen molar-refractivity contribution in [2.45, 2.75) is 20.5 Å². The third kappa shape index (κ3) is 3.58. The number of aromatic nitrogens is 2. The Hall–Kier alpha value is -3.47. The summed E-state index contributed by atoms with van der Waals surface area (Å²) in [6.45, 7) is 3.92. The fourth-order valence-corrected chi connectivity index (χ4v) is 2.90. The van der Waals surface area contributed by atoms with Gasteiger partial charge in [-0.25, -0.2) is 9.78 Å². The Kier molecular flexibility index (Phi) is 4.42. The van der Waals surface area contributed by atoms with Crippen LogP contribution in [0.3, 0.4) is 0 Å². The van der Waals surface area contributed by atoms with Crippen LogP contribution in [-0.4, -0.2) is 15.9 Å². The van der Waals surface area contributed by atoms with Crippen molar-refractivity contribution in [1.29, 1.82) is 0 Å². The van der Waals surface area contributed by atoms with E-state index in [4.69, 9.17) is 9.15 Å². The number of hydrogen-bond donors (Lipinski definition) is 0. The van der Waals surface area contributed by atoms with Crippen LogP contribution in [0.5, 0.6) is 0 Å². The maximum absolute atomic E-state index is 12.6. The highest BCUT2D eigenvalue weighted by molar-refractivity contribution is 6.03. The Morgan fingerprint density at radius 2 is 1.81 bits per heavy atom. The molecule has 0 aliphatic heterocycles. The Morgan fingerprint density at radius 1 is 1.04 bits per heavy atom. The second-order valence-corrected chi connectivity index (χ2v) is 6.41. The lowest BCUT2D eigenvalue weighted by Gasteiger charge is -2.07. The van der Waals surface area contributed by atoms with Crippen molar-refractivity contribution < 1.29 is 13.9 Å². The lowest BCUT2D eigenvalue weighted by molar-refractivity contribution is 0.0470. The number of esters is 1. The Bertz CT molecular complexity index is 1110. The van der Waals surface area contributed by atoms with E-state index in [1.54, 1.807) is 6.07 Å². The van der Waals surface area contributed by atoms with Crippen molar-refractivity contribution in [3.8, 4) is 11.5 Å². The fourth-order valence-electron chi connectivity index (χ4n) is 2.90. The van der Waals surface area contributed by atoms with Gasteiger partial charge in [-0.1, -0.05) is 35.9 Å². The third-order valence-electron chi connectivity index (χ3n) is 4.27. The van der Waals surface area contributed by atoms with Crippen LogP contribution in [0.2, 0.25) is 0 Å². The molecule has 0 radical (unpaired) electrons. The topological polar surface area (TPSA) is 65.2 Å². The number of para-hydroxylation sites is 1. The van der Waals surface area contributed by atoms with Crippen LogP contribution in [-0.2, 0) is 11.3 Å². The predicted molar refractivity (Wildman–Crippen MR) is 102 cm³/mol. The molecule has 134 valence electrons. The first-order valence-electron chi connectivity index (χ1n) is 8.65. The minimum absolute atomic E-state index is 0.0455. The minimum Gasteiger partial charge on any atom is -0.455 e. The molecule has 27 heavy (non-hydrogen) atoms. The average molecular weight is 358 g/mol. The van der Waals surface area contributed by atoms with Crippen LogP contribution >= 0.6 is 0 Å². The Labute approximate surface area is 156 Å². The van der Waals surface area contributed by atoms with Gasteiger partial charge in [-0.15, -0.1) is 0 Å². The number of fused-ring (bicyclic) bond motifs is 1. The quantitative estimate of drug-likeness (QED) is 0.487. The SMILES string of the molecule is Cc1ccc(-c2nc(COC(=O)c3cc(C)nc4ccccc34)co2)cc1. The normalized spacial score (nSPS) is 10.9. The molecule has 5 heteroatoms. The molecule has 0 aliphatic carbocycles. The lowest BCUT2D eigenvalue weighted by atomic mass is 10.1. The van der Waals surface area contributed by atoms with Crippen LogP contribution in [0, 0.1) is 13.8 Å². The molecule has 0 bridgehead atoms. The van der Waals surface area contributed by atoms with Gasteiger partial charge in [-0.3, -0.25) is 4.98 Å². The second kappa shape index (κ2) is 7.03. The zero-order chi connectivity index (χ0) is 18.8. The number of hydrogen-bond acceptors (Lipinski definition) is 5. The van der Waals surface area contributed by atoms with Crippen LogP contribution in [0.15, 0.2) is 65.3 Å². The molecular formula is C22H18N2O3. The van der Waals surface area contributed by atoms with E-state index < -0.39 is 5.97 Å². The molecule has 0 amide bonds. The van der Waals surface area contributed by atoms with Crippen LogP contribution < -0.4 is 0 Å². The van der Waals surface area contributed by atoms with Crippen molar-refractivity contribution in [2.75, 3.05) is 0 Å². The van der Waals surface area contributed by atoms with Crippen molar-refractivity contribution in [1.82, 2.24) is 9.97 Å². The van der Waals surface area contributed by atoms with Crippen molar-refractivity contribution in [2.24, 2.45) is 0 Å². The van der Waals surface area contributed by atoms with E-state index in [9.17, 15) is 4.79 Å². The molecular weight excluding hydrogens is 340 g/mol. The first kappa shape index (κ1) is 17.0. The van der Waals surface area contributed by atoms with Crippen LogP contribution in [0.4, 0.5) is 0 Å². The van der Waals surface area contributed by atoms with Crippen molar-refractivity contribution >= 4 is 16.9 Å². The third-order valence-corrected chi connectivity index (χ3v) is 4.27. The summed E-state index contributed by atoms with van der Waals surface area (Å²) in [6.07, 6.45) is 1.51. The number of pyridine rings is 1. The highest BCUT2D eigenvalue weighted by atomic mass is 16.5.